The summed E-state index contributed by atoms with van der Waals surface area (Å²) in [5, 5.41) is 2.34. The Balaban J connectivity index is 2.91. The van der Waals surface area contributed by atoms with Gasteiger partial charge in [-0.3, -0.25) is 0 Å². The van der Waals surface area contributed by atoms with Crippen LogP contribution < -0.4 is 0 Å². The van der Waals surface area contributed by atoms with E-state index < -0.39 is 14.7 Å². The van der Waals surface area contributed by atoms with Gasteiger partial charge >= 0.3 is 96.3 Å². The SMILES string of the molecule is CC[As](CC)C(C=O)=Cc1ccccc1. The zero-order chi connectivity index (χ0) is 11.1. The van der Waals surface area contributed by atoms with Crippen LogP contribution in [0.1, 0.15) is 19.4 Å². The van der Waals surface area contributed by atoms with E-state index in [4.69, 9.17) is 0 Å². The molecule has 1 nitrogen and oxygen atoms in total. The average Bonchev–Trinajstić information content (AvgIpc) is 2.30. The quantitative estimate of drug-likeness (QED) is 0.453. The van der Waals surface area contributed by atoms with Crippen LogP contribution in [0, 0.1) is 0 Å². The fraction of sp³-hybridized carbons (Fsp3) is 0.308. The Hall–Kier alpha value is -0.812. The van der Waals surface area contributed by atoms with Crippen molar-refractivity contribution in [1.29, 1.82) is 0 Å². The van der Waals surface area contributed by atoms with Gasteiger partial charge in [-0.05, 0) is 0 Å². The van der Waals surface area contributed by atoms with Gasteiger partial charge in [-0.25, -0.2) is 0 Å². The zero-order valence-corrected chi connectivity index (χ0v) is 11.2. The summed E-state index contributed by atoms with van der Waals surface area (Å²) in [6.07, 6.45) is 3.11. The normalized spacial score (nSPS) is 11.8. The molecule has 0 atom stereocenters. The van der Waals surface area contributed by atoms with Crippen molar-refractivity contribution in [1.82, 2.24) is 0 Å². The summed E-state index contributed by atoms with van der Waals surface area (Å²) in [6.45, 7) is 4.37. The standard InChI is InChI=1S/C13H17AsO/c1-3-14(4-2)13(11-15)10-12-8-6-5-7-9-12/h5-11H,3-4H2,1-2H3. The Morgan fingerprint density at radius 2 is 1.80 bits per heavy atom. The minimum absolute atomic E-state index is 1.05. The van der Waals surface area contributed by atoms with E-state index in [9.17, 15) is 4.79 Å². The first kappa shape index (κ1) is 12.3. The van der Waals surface area contributed by atoms with E-state index in [1.54, 1.807) is 0 Å². The van der Waals surface area contributed by atoms with Gasteiger partial charge in [0, 0.05) is 0 Å². The van der Waals surface area contributed by atoms with E-state index in [2.05, 4.69) is 19.9 Å². The van der Waals surface area contributed by atoms with Gasteiger partial charge in [-0.2, -0.15) is 0 Å². The number of benzene rings is 1. The van der Waals surface area contributed by atoms with Crippen molar-refractivity contribution in [2.45, 2.75) is 24.3 Å². The molecule has 0 aromatic heterocycles. The van der Waals surface area contributed by atoms with Crippen LogP contribution in [0.5, 0.6) is 0 Å². The van der Waals surface area contributed by atoms with Crippen molar-refractivity contribution in [3.63, 3.8) is 0 Å². The Morgan fingerprint density at radius 3 is 2.27 bits per heavy atom. The fourth-order valence-corrected chi connectivity index (χ4v) is 4.99. The third-order valence-corrected chi connectivity index (χ3v) is 7.59. The maximum absolute atomic E-state index is 11.0. The van der Waals surface area contributed by atoms with Gasteiger partial charge in [0.1, 0.15) is 0 Å². The second-order valence-corrected chi connectivity index (χ2v) is 9.27. The molecule has 0 saturated heterocycles. The summed E-state index contributed by atoms with van der Waals surface area (Å²) in [6, 6.07) is 10.1. The van der Waals surface area contributed by atoms with Crippen LogP contribution in [0.4, 0.5) is 0 Å². The molecule has 0 fully saturated rings. The summed E-state index contributed by atoms with van der Waals surface area (Å²) in [7, 11) is 0. The van der Waals surface area contributed by atoms with Crippen molar-refractivity contribution in [3.05, 3.63) is 40.3 Å². The van der Waals surface area contributed by atoms with Gasteiger partial charge in [0.25, 0.3) is 0 Å². The predicted octanol–water partition coefficient (Wildman–Crippen LogP) is 3.34. The molecule has 0 heterocycles. The number of hydrogen-bond acceptors (Lipinski definition) is 1. The van der Waals surface area contributed by atoms with Crippen LogP contribution in [0.25, 0.3) is 6.08 Å². The van der Waals surface area contributed by atoms with Crippen LogP contribution in [-0.4, -0.2) is 20.9 Å². The molecule has 2 heteroatoms. The van der Waals surface area contributed by atoms with Crippen molar-refractivity contribution < 1.29 is 4.79 Å². The number of hydrogen-bond donors (Lipinski definition) is 0. The van der Waals surface area contributed by atoms with Crippen LogP contribution in [0.2, 0.25) is 10.4 Å². The first-order chi connectivity index (χ1) is 7.31. The fourth-order valence-electron chi connectivity index (χ4n) is 1.51. The van der Waals surface area contributed by atoms with Gasteiger partial charge in [0.2, 0.25) is 0 Å². The summed E-state index contributed by atoms with van der Waals surface area (Å²) in [5.41, 5.74) is 1.14. The molecule has 1 rings (SSSR count). The van der Waals surface area contributed by atoms with Crippen LogP contribution >= 0.6 is 0 Å². The summed E-state index contributed by atoms with van der Waals surface area (Å²) >= 11 is -1.05. The topological polar surface area (TPSA) is 17.1 Å². The molecule has 1 aromatic carbocycles. The molecular weight excluding hydrogens is 247 g/mol. The van der Waals surface area contributed by atoms with E-state index in [1.807, 2.05) is 30.3 Å². The molecule has 0 radical (unpaired) electrons. The molecule has 0 spiro atoms. The van der Waals surface area contributed by atoms with Crippen LogP contribution in [0.15, 0.2) is 34.7 Å². The monoisotopic (exact) mass is 264 g/mol. The maximum atomic E-state index is 11.0. The van der Waals surface area contributed by atoms with E-state index in [-0.39, 0.29) is 0 Å². The van der Waals surface area contributed by atoms with Crippen LogP contribution in [0.3, 0.4) is 0 Å². The van der Waals surface area contributed by atoms with Gasteiger partial charge < -0.3 is 0 Å². The van der Waals surface area contributed by atoms with Crippen LogP contribution in [-0.2, 0) is 4.79 Å². The molecule has 1 aromatic rings. The molecule has 0 amide bonds. The van der Waals surface area contributed by atoms with E-state index >= 15 is 0 Å². The first-order valence-corrected chi connectivity index (χ1v) is 8.87. The Morgan fingerprint density at radius 1 is 1.20 bits per heavy atom. The van der Waals surface area contributed by atoms with Crippen molar-refractivity contribution in [2.75, 3.05) is 0 Å². The molecule has 80 valence electrons. The second kappa shape index (κ2) is 6.63. The van der Waals surface area contributed by atoms with Gasteiger partial charge in [0.05, 0.1) is 0 Å². The first-order valence-electron chi connectivity index (χ1n) is 5.28. The molecule has 0 unspecified atom stereocenters. The molecule has 0 saturated carbocycles. The number of allylic oxidation sites excluding steroid dienone is 1. The molecule has 0 bridgehead atoms. The molecular formula is C13H17AsO. The average molecular weight is 264 g/mol. The Labute approximate surface area is 96.5 Å². The van der Waals surface area contributed by atoms with E-state index in [0.717, 1.165) is 16.2 Å². The minimum atomic E-state index is -1.05. The Bertz CT molecular complexity index is 326. The van der Waals surface area contributed by atoms with Crippen molar-refractivity contribution in [2.24, 2.45) is 0 Å². The van der Waals surface area contributed by atoms with Gasteiger partial charge in [-0.1, -0.05) is 0 Å². The van der Waals surface area contributed by atoms with Crippen molar-refractivity contribution in [3.8, 4) is 0 Å². The van der Waals surface area contributed by atoms with E-state index in [1.165, 1.54) is 10.4 Å². The number of rotatable bonds is 5. The molecule has 0 aliphatic rings. The molecule has 0 N–H and O–H groups in total. The number of carbonyl (C=O) groups is 1. The van der Waals surface area contributed by atoms with E-state index in [0.29, 0.717) is 0 Å². The second-order valence-electron chi connectivity index (χ2n) is 3.27. The number of carbonyl (C=O) groups excluding carboxylic acids is 1. The predicted molar refractivity (Wildman–Crippen MR) is 67.2 cm³/mol. The summed E-state index contributed by atoms with van der Waals surface area (Å²) in [5.74, 6) is 0. The van der Waals surface area contributed by atoms with Gasteiger partial charge in [0.15, 0.2) is 0 Å². The molecule has 0 aliphatic carbocycles. The number of aldehydes is 1. The van der Waals surface area contributed by atoms with Gasteiger partial charge in [-0.15, -0.1) is 0 Å². The summed E-state index contributed by atoms with van der Waals surface area (Å²) < 4.78 is 1.05. The molecule has 0 aliphatic heterocycles. The molecule has 15 heavy (non-hydrogen) atoms. The zero-order valence-electron chi connectivity index (χ0n) is 9.31. The third kappa shape index (κ3) is 3.68. The Kier molecular flexibility index (Phi) is 5.42. The third-order valence-electron chi connectivity index (χ3n) is 2.36. The van der Waals surface area contributed by atoms with Crippen molar-refractivity contribution >= 4 is 27.0 Å². The summed E-state index contributed by atoms with van der Waals surface area (Å²) in [4.78, 5) is 11.0.